The van der Waals surface area contributed by atoms with Gasteiger partial charge in [0.1, 0.15) is 22.1 Å². The van der Waals surface area contributed by atoms with Gasteiger partial charge < -0.3 is 30.4 Å². The molecule has 0 aliphatic heterocycles. The minimum Gasteiger partial charge on any atom is -0.461 e. The molecule has 2 saturated carbocycles. The molecular weight excluding hydrogens is 1470 g/mol. The van der Waals surface area contributed by atoms with Gasteiger partial charge in [0.25, 0.3) is 11.8 Å². The van der Waals surface area contributed by atoms with Crippen molar-refractivity contribution >= 4 is 115 Å². The quantitative estimate of drug-likeness (QED) is 0.0233. The highest BCUT2D eigenvalue weighted by atomic mass is 79.9. The molecule has 7 atom stereocenters. The Hall–Kier alpha value is -4.01. The van der Waals surface area contributed by atoms with Gasteiger partial charge in [0.2, 0.25) is 0 Å². The van der Waals surface area contributed by atoms with Gasteiger partial charge >= 0.3 is 23.9 Å². The van der Waals surface area contributed by atoms with E-state index in [1.165, 1.54) is 13.8 Å². The Morgan fingerprint density at radius 3 is 1.13 bits per heavy atom. The van der Waals surface area contributed by atoms with Crippen molar-refractivity contribution in [2.24, 2.45) is 26.7 Å². The summed E-state index contributed by atoms with van der Waals surface area (Å²) in [6.45, 7) is 33.6. The van der Waals surface area contributed by atoms with Crippen molar-refractivity contribution in [2.45, 2.75) is 212 Å². The fourth-order valence-electron chi connectivity index (χ4n) is 8.77. The van der Waals surface area contributed by atoms with Crippen LogP contribution >= 0.6 is 63.7 Å². The fraction of sp³-hybridized carbons (Fsp3) is 0.530. The molecule has 0 spiro atoms. The third-order valence-electron chi connectivity index (χ3n) is 14.0. The van der Waals surface area contributed by atoms with Crippen molar-refractivity contribution in [3.63, 3.8) is 0 Å². The zero-order valence-corrected chi connectivity index (χ0v) is 62.3. The van der Waals surface area contributed by atoms with Crippen molar-refractivity contribution in [3.8, 4) is 0 Å². The van der Waals surface area contributed by atoms with Crippen LogP contribution in [0.1, 0.15) is 172 Å². The summed E-state index contributed by atoms with van der Waals surface area (Å²) in [4.78, 5) is 50.2. The number of rotatable bonds is 21. The SMILES string of the molecule is C=C(C)C[C@](N[S@@](=O)C(C)(C)C)(C(=O)OC(C)C)c1ccc(Br)cc1.CC(C)OC(=O)C(=N[S@@](=O)C(C)(C)C)c1ccc(Br)cc1.CC(C)OC(=O)[C@@](N)(C[C@@]1(C)CC1(F)F)c1ccc(Br)cc1.CC(C)OC(=O)[C@@](N)(C[C@]1(C)CC1(F)F)c1ccc(Br)cc1. The summed E-state index contributed by atoms with van der Waals surface area (Å²) in [5.74, 6) is -7.94. The number of alkyl halides is 4. The Morgan fingerprint density at radius 1 is 0.556 bits per heavy atom. The van der Waals surface area contributed by atoms with E-state index in [0.29, 0.717) is 28.7 Å². The zero-order valence-electron chi connectivity index (χ0n) is 54.3. The molecule has 0 saturated heterocycles. The number of hydrogen-bond donors (Lipinski definition) is 3. The standard InChI is InChI=1S/C19H28BrNO3S.2C16H20BrF2NO2.C15H20BrNO3S/c1-13(2)12-19(17(22)24-14(3)4,21-25(23)18(5,6)7)15-8-10-16(20)11-9-15;2*1-10(2)22-13(21)15(20,8-14(3)9-16(14,18)19)11-4-6-12(17)7-5-11;1-10(2)20-14(18)13(17-21(19)15(3,4)5)11-6-8-12(16)9-7-11/h8-11,14,21H,1,12H2,2-7H3;2*4-7,10H,8-9,20H2,1-3H3;6-10H,1-5H3/t19-,25+;14-,15+;14-,15-;21-/m1010/s1. The highest BCUT2D eigenvalue weighted by molar-refractivity contribution is 9.11. The maximum atomic E-state index is 13.6. The first kappa shape index (κ1) is 80.2. The molecule has 6 rings (SSSR count). The van der Waals surface area contributed by atoms with Gasteiger partial charge in [-0.25, -0.2) is 49.9 Å². The number of nitrogens with one attached hydrogen (secondary N) is 1. The lowest BCUT2D eigenvalue weighted by Crippen LogP contribution is -2.54. The maximum absolute atomic E-state index is 13.6. The lowest BCUT2D eigenvalue weighted by atomic mass is 9.81. The molecule has 2 aliphatic carbocycles. The molecular formula is C66H88Br4F4N4O10S2. The molecule has 0 heterocycles. The fourth-order valence-corrected chi connectivity index (χ4v) is 11.3. The van der Waals surface area contributed by atoms with E-state index in [4.69, 9.17) is 30.4 Å². The molecule has 4 aromatic carbocycles. The third kappa shape index (κ3) is 22.6. The molecule has 2 aliphatic rings. The summed E-state index contributed by atoms with van der Waals surface area (Å²) < 4.78 is 110. The van der Waals surface area contributed by atoms with Crippen LogP contribution in [0.2, 0.25) is 0 Å². The van der Waals surface area contributed by atoms with E-state index in [1.54, 1.807) is 149 Å². The highest BCUT2D eigenvalue weighted by Crippen LogP contribution is 2.65. The number of carbonyl (C=O) groups is 4. The van der Waals surface area contributed by atoms with E-state index >= 15 is 0 Å². The topological polar surface area (TPSA) is 216 Å². The molecule has 0 radical (unpaired) electrons. The number of carbonyl (C=O) groups excluding carboxylic acids is 4. The van der Waals surface area contributed by atoms with E-state index in [9.17, 15) is 45.2 Å². The molecule has 0 unspecified atom stereocenters. The van der Waals surface area contributed by atoms with Crippen LogP contribution in [0.15, 0.2) is 132 Å². The van der Waals surface area contributed by atoms with E-state index in [1.807, 2.05) is 52.0 Å². The van der Waals surface area contributed by atoms with Crippen LogP contribution in [-0.2, 0) is 76.7 Å². The monoisotopic (exact) mass is 1550 g/mol. The molecule has 90 heavy (non-hydrogen) atoms. The predicted molar refractivity (Wildman–Crippen MR) is 364 cm³/mol. The van der Waals surface area contributed by atoms with Gasteiger partial charge in [0.05, 0.1) is 44.9 Å². The summed E-state index contributed by atoms with van der Waals surface area (Å²) >= 11 is 13.4. The van der Waals surface area contributed by atoms with Gasteiger partial charge in [-0.05, 0) is 182 Å². The average Bonchev–Trinajstić information content (AvgIpc) is 1.57. The number of hydrogen-bond acceptors (Lipinski definition) is 12. The Bertz CT molecular complexity index is 3120. The van der Waals surface area contributed by atoms with Crippen LogP contribution in [0.3, 0.4) is 0 Å². The van der Waals surface area contributed by atoms with Crippen molar-refractivity contribution < 1.29 is 64.1 Å². The normalized spacial score (nSPS) is 20.1. The second-order valence-electron chi connectivity index (χ2n) is 26.3. The van der Waals surface area contributed by atoms with Gasteiger partial charge in [0, 0.05) is 53.5 Å². The van der Waals surface area contributed by atoms with Gasteiger partial charge in [-0.15, -0.1) is 6.58 Å². The van der Waals surface area contributed by atoms with Crippen molar-refractivity contribution in [2.75, 3.05) is 0 Å². The van der Waals surface area contributed by atoms with Gasteiger partial charge in [0.15, 0.2) is 11.3 Å². The molecule has 5 N–H and O–H groups in total. The van der Waals surface area contributed by atoms with E-state index in [0.717, 1.165) is 23.5 Å². The number of halogens is 8. The maximum Gasteiger partial charge on any atom is 0.358 e. The van der Waals surface area contributed by atoms with Crippen LogP contribution in [0.4, 0.5) is 17.6 Å². The predicted octanol–water partition coefficient (Wildman–Crippen LogP) is 16.2. The van der Waals surface area contributed by atoms with E-state index in [-0.39, 0.29) is 55.8 Å². The van der Waals surface area contributed by atoms with Gasteiger partial charge in [-0.3, -0.25) is 0 Å². The van der Waals surface area contributed by atoms with Gasteiger partial charge in [-0.1, -0.05) is 132 Å². The van der Waals surface area contributed by atoms with Crippen molar-refractivity contribution in [3.05, 3.63) is 149 Å². The first-order valence-corrected chi connectivity index (χ1v) is 34.5. The third-order valence-corrected chi connectivity index (χ3v) is 19.1. The Balaban J connectivity index is 0.000000314. The summed E-state index contributed by atoms with van der Waals surface area (Å²) in [5, 5.41) is 0. The zero-order chi connectivity index (χ0) is 69.1. The van der Waals surface area contributed by atoms with E-state index in [2.05, 4.69) is 79.4 Å². The van der Waals surface area contributed by atoms with Crippen LogP contribution in [0.25, 0.3) is 0 Å². The number of esters is 4. The molecule has 500 valence electrons. The number of benzene rings is 4. The van der Waals surface area contributed by atoms with Crippen molar-refractivity contribution in [1.82, 2.24) is 4.72 Å². The molecule has 4 aromatic rings. The minimum atomic E-state index is -2.79. The second-order valence-corrected chi connectivity index (χ2v) is 33.9. The Morgan fingerprint density at radius 2 is 0.856 bits per heavy atom. The minimum absolute atomic E-state index is 0.0875. The summed E-state index contributed by atoms with van der Waals surface area (Å²) in [5.41, 5.74) is 8.72. The van der Waals surface area contributed by atoms with E-state index < -0.39 is 94.6 Å². The Kier molecular flexibility index (Phi) is 28.5. The lowest BCUT2D eigenvalue weighted by Gasteiger charge is -2.35. The molecule has 14 nitrogen and oxygen atoms in total. The van der Waals surface area contributed by atoms with Crippen molar-refractivity contribution in [1.29, 1.82) is 0 Å². The van der Waals surface area contributed by atoms with Crippen LogP contribution in [0, 0.1) is 10.8 Å². The molecule has 2 fully saturated rings. The molecule has 0 aromatic heterocycles. The summed E-state index contributed by atoms with van der Waals surface area (Å²) in [7, 11) is -3.00. The Labute approximate surface area is 568 Å². The van der Waals surface area contributed by atoms with Crippen LogP contribution in [-0.4, -0.2) is 83.8 Å². The smallest absolute Gasteiger partial charge is 0.358 e. The first-order chi connectivity index (χ1) is 41.0. The largest absolute Gasteiger partial charge is 0.461 e. The second kappa shape index (κ2) is 31.9. The lowest BCUT2D eigenvalue weighted by molar-refractivity contribution is -0.156. The first-order valence-electron chi connectivity index (χ1n) is 29.1. The molecule has 0 amide bonds. The average molecular weight is 1560 g/mol. The summed E-state index contributed by atoms with van der Waals surface area (Å²) in [6, 6.07) is 28.0. The number of nitrogens with two attached hydrogens (primary N) is 2. The van der Waals surface area contributed by atoms with Crippen LogP contribution < -0.4 is 16.2 Å². The van der Waals surface area contributed by atoms with Gasteiger partial charge in [-0.2, -0.15) is 4.40 Å². The molecule has 24 heteroatoms. The number of ether oxygens (including phenoxy) is 4. The highest BCUT2D eigenvalue weighted by Gasteiger charge is 2.71. The summed E-state index contributed by atoms with van der Waals surface area (Å²) in [6.07, 6.45) is -1.80. The van der Waals surface area contributed by atoms with Crippen LogP contribution in [0.5, 0.6) is 0 Å². The number of nitrogens with zero attached hydrogens (tertiary/aromatic N) is 1. The molecule has 0 bridgehead atoms.